The standard InChI is InChI=1S/C29H24N2O5/c1-17(2)36-23-5-3-4-20(15-23)26-25(27(32)21-8-11-24-19(14-21)12-13-35-24)28(33)29(34)31(26)22-9-6-18(16-30)7-10-22/h3-11,14-15,17,26,32H,12-13H2,1-2H3/b27-25-. The molecule has 3 aromatic rings. The van der Waals surface area contributed by atoms with E-state index in [1.165, 1.54) is 4.90 Å². The Morgan fingerprint density at radius 3 is 2.61 bits per heavy atom. The first kappa shape index (κ1) is 23.2. The van der Waals surface area contributed by atoms with E-state index in [1.807, 2.05) is 13.8 Å². The Kier molecular flexibility index (Phi) is 5.95. The number of ketones is 1. The van der Waals surface area contributed by atoms with Crippen molar-refractivity contribution in [3.8, 4) is 17.6 Å². The number of hydrogen-bond donors (Lipinski definition) is 1. The molecule has 1 fully saturated rings. The van der Waals surface area contributed by atoms with E-state index in [1.54, 1.807) is 66.7 Å². The highest BCUT2D eigenvalue weighted by Crippen LogP contribution is 2.43. The molecule has 2 aliphatic rings. The summed E-state index contributed by atoms with van der Waals surface area (Å²) >= 11 is 0. The third kappa shape index (κ3) is 4.07. The lowest BCUT2D eigenvalue weighted by atomic mass is 9.94. The number of benzene rings is 3. The monoisotopic (exact) mass is 480 g/mol. The predicted octanol–water partition coefficient (Wildman–Crippen LogP) is 4.91. The zero-order valence-corrected chi connectivity index (χ0v) is 19.9. The average molecular weight is 481 g/mol. The fraction of sp³-hybridized carbons (Fsp3) is 0.207. The molecule has 2 heterocycles. The van der Waals surface area contributed by atoms with Gasteiger partial charge >= 0.3 is 0 Å². The second-order valence-corrected chi connectivity index (χ2v) is 8.99. The van der Waals surface area contributed by atoms with Crippen molar-refractivity contribution in [2.45, 2.75) is 32.4 Å². The number of aliphatic hydroxyl groups excluding tert-OH is 1. The highest BCUT2D eigenvalue weighted by molar-refractivity contribution is 6.51. The summed E-state index contributed by atoms with van der Waals surface area (Å²) in [6.45, 7) is 4.38. The molecule has 36 heavy (non-hydrogen) atoms. The van der Waals surface area contributed by atoms with E-state index < -0.39 is 17.7 Å². The summed E-state index contributed by atoms with van der Waals surface area (Å²) in [4.78, 5) is 28.1. The number of amides is 1. The van der Waals surface area contributed by atoms with Gasteiger partial charge in [-0.1, -0.05) is 12.1 Å². The van der Waals surface area contributed by atoms with E-state index in [0.29, 0.717) is 41.2 Å². The maximum absolute atomic E-state index is 13.4. The summed E-state index contributed by atoms with van der Waals surface area (Å²) in [5.41, 5.74) is 2.85. The van der Waals surface area contributed by atoms with E-state index in [2.05, 4.69) is 6.07 Å². The Labute approximate surface area is 208 Å². The van der Waals surface area contributed by atoms with Crippen LogP contribution in [0, 0.1) is 11.3 Å². The minimum absolute atomic E-state index is 0.00933. The number of carbonyl (C=O) groups excluding carboxylic acids is 2. The lowest BCUT2D eigenvalue weighted by molar-refractivity contribution is -0.132. The SMILES string of the molecule is CC(C)Oc1cccc(C2/C(=C(/O)c3ccc4c(c3)CCO4)C(=O)C(=O)N2c2ccc(C#N)cc2)c1. The number of anilines is 1. The second-order valence-electron chi connectivity index (χ2n) is 8.99. The molecule has 0 aromatic heterocycles. The molecule has 5 rings (SSSR count). The average Bonchev–Trinajstić information content (AvgIpc) is 3.45. The summed E-state index contributed by atoms with van der Waals surface area (Å²) in [7, 11) is 0. The minimum Gasteiger partial charge on any atom is -0.507 e. The van der Waals surface area contributed by atoms with Crippen LogP contribution in [0.15, 0.2) is 72.3 Å². The first-order valence-electron chi connectivity index (χ1n) is 11.7. The van der Waals surface area contributed by atoms with Gasteiger partial charge in [0, 0.05) is 17.7 Å². The molecule has 1 saturated heterocycles. The Bertz CT molecular complexity index is 1430. The highest BCUT2D eigenvalue weighted by Gasteiger charge is 2.47. The topological polar surface area (TPSA) is 99.9 Å². The van der Waals surface area contributed by atoms with Gasteiger partial charge in [0.25, 0.3) is 11.7 Å². The van der Waals surface area contributed by atoms with Crippen molar-refractivity contribution in [2.24, 2.45) is 0 Å². The van der Waals surface area contributed by atoms with Gasteiger partial charge in [-0.15, -0.1) is 0 Å². The van der Waals surface area contributed by atoms with Crippen molar-refractivity contribution in [1.82, 2.24) is 0 Å². The first-order valence-corrected chi connectivity index (χ1v) is 11.7. The Hall–Kier alpha value is -4.57. The van der Waals surface area contributed by atoms with Crippen LogP contribution in [0.25, 0.3) is 5.76 Å². The van der Waals surface area contributed by atoms with Gasteiger partial charge < -0.3 is 14.6 Å². The lowest BCUT2D eigenvalue weighted by Gasteiger charge is -2.26. The van der Waals surface area contributed by atoms with Crippen LogP contribution >= 0.6 is 0 Å². The molecular formula is C29H24N2O5. The molecule has 2 aliphatic heterocycles. The van der Waals surface area contributed by atoms with E-state index in [4.69, 9.17) is 9.47 Å². The van der Waals surface area contributed by atoms with Crippen molar-refractivity contribution in [2.75, 3.05) is 11.5 Å². The smallest absolute Gasteiger partial charge is 0.300 e. The quantitative estimate of drug-likeness (QED) is 0.317. The van der Waals surface area contributed by atoms with E-state index in [-0.39, 0.29) is 17.4 Å². The lowest BCUT2D eigenvalue weighted by Crippen LogP contribution is -2.29. The van der Waals surface area contributed by atoms with Gasteiger partial charge in [0.2, 0.25) is 0 Å². The molecule has 7 heteroatoms. The molecule has 3 aromatic carbocycles. The highest BCUT2D eigenvalue weighted by atomic mass is 16.5. The van der Waals surface area contributed by atoms with Gasteiger partial charge in [0.1, 0.15) is 17.3 Å². The first-order chi connectivity index (χ1) is 17.4. The third-order valence-electron chi connectivity index (χ3n) is 6.23. The van der Waals surface area contributed by atoms with Gasteiger partial charge in [-0.05, 0) is 79.6 Å². The Morgan fingerprint density at radius 1 is 1.11 bits per heavy atom. The number of hydrogen-bond acceptors (Lipinski definition) is 6. The van der Waals surface area contributed by atoms with Crippen LogP contribution in [0.2, 0.25) is 0 Å². The zero-order valence-electron chi connectivity index (χ0n) is 19.9. The van der Waals surface area contributed by atoms with Crippen molar-refractivity contribution < 1.29 is 24.2 Å². The van der Waals surface area contributed by atoms with Crippen molar-refractivity contribution in [3.05, 3.63) is 94.6 Å². The van der Waals surface area contributed by atoms with E-state index in [9.17, 15) is 20.0 Å². The molecule has 7 nitrogen and oxygen atoms in total. The van der Waals surface area contributed by atoms with Crippen molar-refractivity contribution in [1.29, 1.82) is 5.26 Å². The van der Waals surface area contributed by atoms with Gasteiger partial charge in [-0.3, -0.25) is 14.5 Å². The molecule has 0 bridgehead atoms. The van der Waals surface area contributed by atoms with Gasteiger partial charge in [0.15, 0.2) is 0 Å². The number of Topliss-reactive ketones (excluding diaryl/α,β-unsaturated/α-hetero) is 1. The van der Waals surface area contributed by atoms with E-state index in [0.717, 1.165) is 11.3 Å². The van der Waals surface area contributed by atoms with E-state index >= 15 is 0 Å². The van der Waals surface area contributed by atoms with Crippen LogP contribution in [0.4, 0.5) is 5.69 Å². The molecule has 1 amide bonds. The number of rotatable bonds is 5. The van der Waals surface area contributed by atoms with Crippen molar-refractivity contribution in [3.63, 3.8) is 0 Å². The maximum Gasteiger partial charge on any atom is 0.300 e. The fourth-order valence-electron chi connectivity index (χ4n) is 4.63. The molecule has 0 aliphatic carbocycles. The molecular weight excluding hydrogens is 456 g/mol. The van der Waals surface area contributed by atoms with Gasteiger partial charge in [-0.2, -0.15) is 5.26 Å². The number of ether oxygens (including phenoxy) is 2. The molecule has 0 saturated carbocycles. The number of carbonyl (C=O) groups is 2. The molecule has 180 valence electrons. The van der Waals surface area contributed by atoms with Gasteiger partial charge in [-0.25, -0.2) is 0 Å². The Balaban J connectivity index is 1.68. The summed E-state index contributed by atoms with van der Waals surface area (Å²) in [5, 5.41) is 20.6. The summed E-state index contributed by atoms with van der Waals surface area (Å²) in [5.74, 6) is -0.457. The Morgan fingerprint density at radius 2 is 1.89 bits per heavy atom. The maximum atomic E-state index is 13.4. The van der Waals surface area contributed by atoms with Crippen LogP contribution in [-0.2, 0) is 16.0 Å². The molecule has 1 N–H and O–H groups in total. The third-order valence-corrected chi connectivity index (χ3v) is 6.23. The van der Waals surface area contributed by atoms with Crippen LogP contribution in [-0.4, -0.2) is 29.5 Å². The molecule has 1 unspecified atom stereocenters. The largest absolute Gasteiger partial charge is 0.507 e. The zero-order chi connectivity index (χ0) is 25.4. The fourth-order valence-corrected chi connectivity index (χ4v) is 4.63. The molecule has 0 radical (unpaired) electrons. The summed E-state index contributed by atoms with van der Waals surface area (Å²) in [6.07, 6.45) is 0.632. The second kappa shape index (κ2) is 9.23. The van der Waals surface area contributed by atoms with Crippen LogP contribution < -0.4 is 14.4 Å². The number of aliphatic hydroxyl groups is 1. The van der Waals surface area contributed by atoms with Crippen LogP contribution in [0.1, 0.15) is 42.1 Å². The molecule has 1 atom stereocenters. The normalized spacial score (nSPS) is 18.2. The predicted molar refractivity (Wildman–Crippen MR) is 134 cm³/mol. The van der Waals surface area contributed by atoms with Gasteiger partial charge in [0.05, 0.1) is 36.0 Å². The summed E-state index contributed by atoms with van der Waals surface area (Å²) < 4.78 is 11.4. The molecule has 0 spiro atoms. The summed E-state index contributed by atoms with van der Waals surface area (Å²) in [6, 6.07) is 20.0. The van der Waals surface area contributed by atoms with Crippen LogP contribution in [0.3, 0.4) is 0 Å². The van der Waals surface area contributed by atoms with Crippen LogP contribution in [0.5, 0.6) is 11.5 Å². The van der Waals surface area contributed by atoms with Crippen molar-refractivity contribution >= 4 is 23.1 Å². The number of nitrogens with zero attached hydrogens (tertiary/aromatic N) is 2. The number of nitriles is 1. The minimum atomic E-state index is -0.891. The number of fused-ring (bicyclic) bond motifs is 1.